The second-order valence-corrected chi connectivity index (χ2v) is 8.11. The first-order chi connectivity index (χ1) is 16.4. The summed E-state index contributed by atoms with van der Waals surface area (Å²) in [5, 5.41) is 7.60. The van der Waals surface area contributed by atoms with Gasteiger partial charge < -0.3 is 14.8 Å². The first-order valence-corrected chi connectivity index (χ1v) is 11.1. The summed E-state index contributed by atoms with van der Waals surface area (Å²) in [4.78, 5) is 41.3. The molecule has 0 bridgehead atoms. The predicted octanol–water partition coefficient (Wildman–Crippen LogP) is 3.23. The van der Waals surface area contributed by atoms with Gasteiger partial charge in [0.15, 0.2) is 6.61 Å². The molecule has 0 aliphatic carbocycles. The minimum Gasteiger partial charge on any atom is -0.484 e. The topological polar surface area (TPSA) is 112 Å². The lowest BCUT2D eigenvalue weighted by Gasteiger charge is -2.08. The van der Waals surface area contributed by atoms with E-state index in [4.69, 9.17) is 9.47 Å². The second kappa shape index (κ2) is 10.2. The van der Waals surface area contributed by atoms with E-state index in [2.05, 4.69) is 15.4 Å². The van der Waals surface area contributed by atoms with Crippen molar-refractivity contribution in [3.63, 3.8) is 0 Å². The molecule has 2 heterocycles. The average Bonchev–Trinajstić information content (AvgIpc) is 3.27. The van der Waals surface area contributed by atoms with Crippen LogP contribution in [0.4, 0.5) is 10.1 Å². The Morgan fingerprint density at radius 2 is 1.85 bits per heavy atom. The molecule has 0 saturated heterocycles. The van der Waals surface area contributed by atoms with Crippen LogP contribution in [0.25, 0.3) is 4.96 Å². The minimum atomic E-state index is -0.599. The summed E-state index contributed by atoms with van der Waals surface area (Å²) < 4.78 is 24.7. The number of halogens is 1. The molecule has 4 aromatic rings. The highest BCUT2D eigenvalue weighted by molar-refractivity contribution is 7.16. The Hall–Kier alpha value is -4.12. The molecule has 0 saturated carbocycles. The number of hydrogen-bond acceptors (Lipinski definition) is 8. The molecule has 174 valence electrons. The second-order valence-electron chi connectivity index (χ2n) is 7.07. The number of nitrogens with one attached hydrogen (secondary N) is 1. The highest BCUT2D eigenvalue weighted by Gasteiger charge is 2.12. The molecule has 0 fully saturated rings. The van der Waals surface area contributed by atoms with Gasteiger partial charge in [-0.05, 0) is 55.0 Å². The van der Waals surface area contributed by atoms with Crippen molar-refractivity contribution in [3.05, 3.63) is 87.0 Å². The van der Waals surface area contributed by atoms with Gasteiger partial charge in [-0.25, -0.2) is 14.2 Å². The molecular weight excluding hydrogens is 463 g/mol. The number of amides is 1. The molecule has 9 nitrogen and oxygen atoms in total. The van der Waals surface area contributed by atoms with E-state index in [-0.39, 0.29) is 24.3 Å². The van der Waals surface area contributed by atoms with Crippen LogP contribution in [0.1, 0.15) is 28.0 Å². The van der Waals surface area contributed by atoms with Crippen molar-refractivity contribution in [2.75, 3.05) is 11.9 Å². The number of fused-ring (bicyclic) bond motifs is 1. The Morgan fingerprint density at radius 3 is 2.56 bits per heavy atom. The number of ether oxygens (including phenoxy) is 2. The quantitative estimate of drug-likeness (QED) is 0.384. The van der Waals surface area contributed by atoms with E-state index >= 15 is 0 Å². The van der Waals surface area contributed by atoms with Crippen molar-refractivity contribution >= 4 is 33.9 Å². The largest absolute Gasteiger partial charge is 0.484 e. The maximum atomic E-state index is 12.9. The molecule has 0 aliphatic rings. The summed E-state index contributed by atoms with van der Waals surface area (Å²) in [6.45, 7) is 1.51. The number of carbonyl (C=O) groups excluding carboxylic acids is 2. The van der Waals surface area contributed by atoms with Gasteiger partial charge in [0.1, 0.15) is 23.2 Å². The normalized spacial score (nSPS) is 10.8. The molecule has 1 N–H and O–H groups in total. The van der Waals surface area contributed by atoms with E-state index in [1.165, 1.54) is 58.3 Å². The third kappa shape index (κ3) is 5.62. The van der Waals surface area contributed by atoms with Gasteiger partial charge in [-0.15, -0.1) is 0 Å². The molecule has 0 radical (unpaired) electrons. The number of hydrogen-bond donors (Lipinski definition) is 1. The fourth-order valence-electron chi connectivity index (χ4n) is 2.90. The van der Waals surface area contributed by atoms with Crippen LogP contribution in [0.3, 0.4) is 0 Å². The third-order valence-corrected chi connectivity index (χ3v) is 5.63. The summed E-state index contributed by atoms with van der Waals surface area (Å²) in [5.74, 6) is -1.04. The third-order valence-electron chi connectivity index (χ3n) is 4.58. The van der Waals surface area contributed by atoms with Gasteiger partial charge >= 0.3 is 5.97 Å². The number of anilines is 1. The SMILES string of the molecule is CCc1nn2c(=O)cc(COC(=O)c3ccc(NC(=O)COc4ccc(F)cc4)cc3)nc2s1. The number of carbonyl (C=O) groups is 2. The van der Waals surface area contributed by atoms with E-state index in [0.717, 1.165) is 5.01 Å². The molecule has 34 heavy (non-hydrogen) atoms. The zero-order valence-electron chi connectivity index (χ0n) is 18.0. The van der Waals surface area contributed by atoms with Gasteiger partial charge in [-0.3, -0.25) is 9.59 Å². The van der Waals surface area contributed by atoms with Crippen molar-refractivity contribution in [1.29, 1.82) is 0 Å². The number of benzene rings is 2. The van der Waals surface area contributed by atoms with Crippen LogP contribution < -0.4 is 15.6 Å². The molecule has 0 spiro atoms. The standard InChI is InChI=1S/C23H19FN4O5S/c1-2-20-27-28-21(30)11-17(26-23(28)34-20)12-33-22(31)14-3-7-16(8-4-14)25-19(29)13-32-18-9-5-15(24)6-10-18/h3-11H,2,12-13H2,1H3,(H,25,29). The lowest BCUT2D eigenvalue weighted by molar-refractivity contribution is -0.118. The fourth-order valence-corrected chi connectivity index (χ4v) is 3.76. The summed E-state index contributed by atoms with van der Waals surface area (Å²) >= 11 is 1.31. The molecule has 1 amide bonds. The van der Waals surface area contributed by atoms with Crippen molar-refractivity contribution in [2.24, 2.45) is 0 Å². The Kier molecular flexibility index (Phi) is 6.93. The van der Waals surface area contributed by atoms with Crippen molar-refractivity contribution < 1.29 is 23.5 Å². The van der Waals surface area contributed by atoms with E-state index < -0.39 is 17.7 Å². The van der Waals surface area contributed by atoms with E-state index in [0.29, 0.717) is 28.5 Å². The lowest BCUT2D eigenvalue weighted by Crippen LogP contribution is -2.20. The van der Waals surface area contributed by atoms with Gasteiger partial charge in [0.05, 0.1) is 11.3 Å². The Morgan fingerprint density at radius 1 is 1.12 bits per heavy atom. The molecular formula is C23H19FN4O5S. The fraction of sp³-hybridized carbons (Fsp3) is 0.174. The van der Waals surface area contributed by atoms with E-state index in [1.807, 2.05) is 6.92 Å². The minimum absolute atomic E-state index is 0.164. The Bertz CT molecular complexity index is 1380. The molecule has 11 heteroatoms. The smallest absolute Gasteiger partial charge is 0.338 e. The van der Waals surface area contributed by atoms with Crippen molar-refractivity contribution in [2.45, 2.75) is 20.0 Å². The molecule has 4 rings (SSSR count). The highest BCUT2D eigenvalue weighted by Crippen LogP contribution is 2.15. The zero-order valence-corrected chi connectivity index (χ0v) is 18.8. The van der Waals surface area contributed by atoms with E-state index in [9.17, 15) is 18.8 Å². The summed E-state index contributed by atoms with van der Waals surface area (Å²) in [7, 11) is 0. The first kappa shape index (κ1) is 23.1. The van der Waals surface area contributed by atoms with Crippen LogP contribution in [-0.2, 0) is 22.6 Å². The number of aryl methyl sites for hydroxylation is 1. The summed E-state index contributed by atoms with van der Waals surface area (Å²) in [6.07, 6.45) is 0.690. The van der Waals surface area contributed by atoms with Crippen molar-refractivity contribution in [3.8, 4) is 5.75 Å². The Labute approximate surface area is 196 Å². The molecule has 0 unspecified atom stereocenters. The highest BCUT2D eigenvalue weighted by atomic mass is 32.1. The Balaban J connectivity index is 1.30. The monoisotopic (exact) mass is 482 g/mol. The van der Waals surface area contributed by atoms with E-state index in [1.54, 1.807) is 12.1 Å². The van der Waals surface area contributed by atoms with Gasteiger partial charge in [-0.2, -0.15) is 9.61 Å². The van der Waals surface area contributed by atoms with Gasteiger partial charge in [0, 0.05) is 11.8 Å². The number of nitrogens with zero attached hydrogens (tertiary/aromatic N) is 3. The van der Waals surface area contributed by atoms with Crippen LogP contribution in [0.2, 0.25) is 0 Å². The van der Waals surface area contributed by atoms with Crippen LogP contribution in [0.15, 0.2) is 59.4 Å². The van der Waals surface area contributed by atoms with Crippen molar-refractivity contribution in [1.82, 2.24) is 14.6 Å². The average molecular weight is 482 g/mol. The molecule has 2 aromatic heterocycles. The predicted molar refractivity (Wildman–Crippen MR) is 123 cm³/mol. The first-order valence-electron chi connectivity index (χ1n) is 10.3. The number of aromatic nitrogens is 3. The van der Waals surface area contributed by atoms with Crippen LogP contribution in [0, 0.1) is 5.82 Å². The number of rotatable bonds is 8. The number of esters is 1. The van der Waals surface area contributed by atoms with Crippen LogP contribution in [-0.4, -0.2) is 33.1 Å². The molecule has 2 aromatic carbocycles. The molecule has 0 aliphatic heterocycles. The van der Waals surface area contributed by atoms with Crippen LogP contribution >= 0.6 is 11.3 Å². The van der Waals surface area contributed by atoms with Gasteiger partial charge in [0.25, 0.3) is 11.5 Å². The zero-order chi connectivity index (χ0) is 24.1. The van der Waals surface area contributed by atoms with Gasteiger partial charge in [-0.1, -0.05) is 18.3 Å². The summed E-state index contributed by atoms with van der Waals surface area (Å²) in [5.41, 5.74) is 0.718. The maximum absolute atomic E-state index is 12.9. The lowest BCUT2D eigenvalue weighted by atomic mass is 10.2. The molecule has 0 atom stereocenters. The van der Waals surface area contributed by atoms with Crippen LogP contribution in [0.5, 0.6) is 5.75 Å². The maximum Gasteiger partial charge on any atom is 0.338 e. The summed E-state index contributed by atoms with van der Waals surface area (Å²) in [6, 6.07) is 12.7. The van der Waals surface area contributed by atoms with Gasteiger partial charge in [0.2, 0.25) is 4.96 Å².